The number of hydrogen-bond donors (Lipinski definition) is 0. The molecule has 0 unspecified atom stereocenters. The van der Waals surface area contributed by atoms with Crippen LogP contribution in [0.3, 0.4) is 0 Å². The first kappa shape index (κ1) is 14.2. The van der Waals surface area contributed by atoms with Crippen LogP contribution in [0.4, 0.5) is 8.78 Å². The van der Waals surface area contributed by atoms with Crippen LogP contribution >= 0.6 is 0 Å². The number of ether oxygens (including phenoxy) is 1. The Morgan fingerprint density at radius 1 is 1.14 bits per heavy atom. The average molecular weight is 302 g/mol. The normalized spacial score (nSPS) is 10.9. The molecule has 0 atom stereocenters. The highest BCUT2D eigenvalue weighted by Crippen LogP contribution is 2.16. The lowest BCUT2D eigenvalue weighted by molar-refractivity contribution is 0.415. The zero-order valence-electron chi connectivity index (χ0n) is 11.7. The van der Waals surface area contributed by atoms with E-state index in [0.29, 0.717) is 22.2 Å². The Balaban J connectivity index is 2.07. The molecule has 0 bridgehead atoms. The van der Waals surface area contributed by atoms with Gasteiger partial charge in [0.1, 0.15) is 17.4 Å². The van der Waals surface area contributed by atoms with Gasteiger partial charge in [0.05, 0.1) is 30.9 Å². The summed E-state index contributed by atoms with van der Waals surface area (Å²) in [5.74, 6) is -0.821. The van der Waals surface area contributed by atoms with E-state index in [-0.39, 0.29) is 12.1 Å². The smallest absolute Gasteiger partial charge is 0.261 e. The molecule has 0 radical (unpaired) electrons. The van der Waals surface area contributed by atoms with E-state index in [4.69, 9.17) is 4.74 Å². The van der Waals surface area contributed by atoms with Crippen molar-refractivity contribution in [2.45, 2.75) is 6.54 Å². The van der Waals surface area contributed by atoms with Gasteiger partial charge in [-0.1, -0.05) is 0 Å². The molecule has 0 saturated carbocycles. The van der Waals surface area contributed by atoms with Crippen molar-refractivity contribution in [2.75, 3.05) is 7.11 Å². The molecule has 6 heteroatoms. The highest BCUT2D eigenvalue weighted by atomic mass is 19.1. The third-order valence-corrected chi connectivity index (χ3v) is 3.31. The summed E-state index contributed by atoms with van der Waals surface area (Å²) < 4.78 is 32.8. The quantitative estimate of drug-likeness (QED) is 0.747. The first-order chi connectivity index (χ1) is 10.6. The lowest BCUT2D eigenvalue weighted by Gasteiger charge is -2.08. The van der Waals surface area contributed by atoms with Gasteiger partial charge in [0.25, 0.3) is 5.56 Å². The number of rotatable bonds is 3. The minimum Gasteiger partial charge on any atom is -0.497 e. The van der Waals surface area contributed by atoms with E-state index in [1.54, 1.807) is 18.2 Å². The zero-order chi connectivity index (χ0) is 15.7. The molecular formula is C16H12F2N2O2. The molecule has 0 aliphatic heterocycles. The predicted octanol–water partition coefficient (Wildman–Crippen LogP) is 2.73. The van der Waals surface area contributed by atoms with E-state index in [0.717, 1.165) is 6.07 Å². The van der Waals surface area contributed by atoms with Gasteiger partial charge >= 0.3 is 0 Å². The molecule has 3 aromatic rings. The van der Waals surface area contributed by atoms with Crippen LogP contribution < -0.4 is 10.3 Å². The number of methoxy groups -OCH3 is 1. The van der Waals surface area contributed by atoms with Gasteiger partial charge in [-0.2, -0.15) is 0 Å². The summed E-state index contributed by atoms with van der Waals surface area (Å²) in [6.07, 6.45) is 1.36. The Morgan fingerprint density at radius 2 is 1.86 bits per heavy atom. The average Bonchev–Trinajstić information content (AvgIpc) is 2.49. The van der Waals surface area contributed by atoms with Crippen molar-refractivity contribution in [3.05, 3.63) is 70.3 Å². The summed E-state index contributed by atoms with van der Waals surface area (Å²) in [7, 11) is 1.51. The van der Waals surface area contributed by atoms with Crippen LogP contribution in [0.1, 0.15) is 5.56 Å². The van der Waals surface area contributed by atoms with E-state index in [9.17, 15) is 13.6 Å². The summed E-state index contributed by atoms with van der Waals surface area (Å²) >= 11 is 0. The molecule has 1 heterocycles. The van der Waals surface area contributed by atoms with Crippen LogP contribution in [-0.2, 0) is 6.54 Å². The predicted molar refractivity (Wildman–Crippen MR) is 78.0 cm³/mol. The molecule has 4 nitrogen and oxygen atoms in total. The van der Waals surface area contributed by atoms with Gasteiger partial charge in [-0.3, -0.25) is 9.36 Å². The summed E-state index contributed by atoms with van der Waals surface area (Å²) in [6, 6.07) is 8.14. The Morgan fingerprint density at radius 3 is 2.55 bits per heavy atom. The summed E-state index contributed by atoms with van der Waals surface area (Å²) in [6.45, 7) is 0.0354. The fraction of sp³-hybridized carbons (Fsp3) is 0.125. The molecule has 1 aromatic heterocycles. The SMILES string of the molecule is COc1ccc2ncn(Cc3cc(F)cc(F)c3)c(=O)c2c1. The van der Waals surface area contributed by atoms with Crippen LogP contribution in [0.5, 0.6) is 5.75 Å². The van der Waals surface area contributed by atoms with E-state index >= 15 is 0 Å². The molecule has 3 rings (SSSR count). The van der Waals surface area contributed by atoms with E-state index in [1.165, 1.54) is 30.1 Å². The maximum Gasteiger partial charge on any atom is 0.261 e. The summed E-state index contributed by atoms with van der Waals surface area (Å²) in [5.41, 5.74) is 0.588. The van der Waals surface area contributed by atoms with Crippen molar-refractivity contribution in [1.82, 2.24) is 9.55 Å². The Labute approximate surface area is 124 Å². The highest BCUT2D eigenvalue weighted by molar-refractivity contribution is 5.78. The van der Waals surface area contributed by atoms with Crippen LogP contribution in [-0.4, -0.2) is 16.7 Å². The van der Waals surface area contributed by atoms with Gasteiger partial charge in [-0.15, -0.1) is 0 Å². The number of fused-ring (bicyclic) bond motifs is 1. The van der Waals surface area contributed by atoms with E-state index in [2.05, 4.69) is 4.98 Å². The Kier molecular flexibility index (Phi) is 3.58. The van der Waals surface area contributed by atoms with Gasteiger partial charge in [0, 0.05) is 6.07 Å². The number of nitrogens with zero attached hydrogens (tertiary/aromatic N) is 2. The first-order valence-corrected chi connectivity index (χ1v) is 6.55. The molecular weight excluding hydrogens is 290 g/mol. The minimum absolute atomic E-state index is 0.0354. The van der Waals surface area contributed by atoms with Gasteiger partial charge in [-0.05, 0) is 35.9 Å². The molecule has 2 aromatic carbocycles. The van der Waals surface area contributed by atoms with Gasteiger partial charge in [0.15, 0.2) is 0 Å². The number of aromatic nitrogens is 2. The largest absolute Gasteiger partial charge is 0.497 e. The van der Waals surface area contributed by atoms with E-state index in [1.807, 2.05) is 0 Å². The second kappa shape index (κ2) is 5.55. The lowest BCUT2D eigenvalue weighted by atomic mass is 10.2. The second-order valence-corrected chi connectivity index (χ2v) is 4.84. The molecule has 0 N–H and O–H groups in total. The van der Waals surface area contributed by atoms with Gasteiger partial charge < -0.3 is 4.74 Å². The lowest BCUT2D eigenvalue weighted by Crippen LogP contribution is -2.21. The summed E-state index contributed by atoms with van der Waals surface area (Å²) in [4.78, 5) is 16.6. The highest BCUT2D eigenvalue weighted by Gasteiger charge is 2.07. The number of hydrogen-bond acceptors (Lipinski definition) is 3. The van der Waals surface area contributed by atoms with Crippen molar-refractivity contribution in [3.8, 4) is 5.75 Å². The molecule has 112 valence electrons. The first-order valence-electron chi connectivity index (χ1n) is 6.55. The van der Waals surface area contributed by atoms with Crippen LogP contribution in [0.25, 0.3) is 10.9 Å². The minimum atomic E-state index is -0.682. The fourth-order valence-electron chi connectivity index (χ4n) is 2.28. The van der Waals surface area contributed by atoms with Crippen molar-refractivity contribution in [2.24, 2.45) is 0 Å². The second-order valence-electron chi connectivity index (χ2n) is 4.84. The van der Waals surface area contributed by atoms with E-state index < -0.39 is 11.6 Å². The van der Waals surface area contributed by atoms with Crippen molar-refractivity contribution in [3.63, 3.8) is 0 Å². The maximum absolute atomic E-state index is 13.2. The van der Waals surface area contributed by atoms with Crippen molar-refractivity contribution < 1.29 is 13.5 Å². The standard InChI is InChI=1S/C16H12F2N2O2/c1-22-13-2-3-15-14(7-13)16(21)20(9-19-15)8-10-4-11(17)6-12(18)5-10/h2-7,9H,8H2,1H3. The van der Waals surface area contributed by atoms with Crippen molar-refractivity contribution in [1.29, 1.82) is 0 Å². The number of halogens is 2. The molecule has 0 aliphatic carbocycles. The third-order valence-electron chi connectivity index (χ3n) is 3.31. The molecule has 0 amide bonds. The van der Waals surface area contributed by atoms with Crippen LogP contribution in [0, 0.1) is 11.6 Å². The molecule has 22 heavy (non-hydrogen) atoms. The Bertz CT molecular complexity index is 886. The third kappa shape index (κ3) is 2.67. The van der Waals surface area contributed by atoms with Crippen LogP contribution in [0.2, 0.25) is 0 Å². The van der Waals surface area contributed by atoms with Crippen molar-refractivity contribution >= 4 is 10.9 Å². The molecule has 0 spiro atoms. The fourth-order valence-corrected chi connectivity index (χ4v) is 2.28. The molecule has 0 saturated heterocycles. The van der Waals surface area contributed by atoms with Gasteiger partial charge in [-0.25, -0.2) is 13.8 Å². The van der Waals surface area contributed by atoms with Crippen LogP contribution in [0.15, 0.2) is 47.5 Å². The molecule has 0 fully saturated rings. The molecule has 0 aliphatic rings. The Hall–Kier alpha value is -2.76. The maximum atomic E-state index is 13.2. The topological polar surface area (TPSA) is 44.1 Å². The van der Waals surface area contributed by atoms with Gasteiger partial charge in [0.2, 0.25) is 0 Å². The monoisotopic (exact) mass is 302 g/mol. The number of benzene rings is 2. The zero-order valence-corrected chi connectivity index (χ0v) is 11.7. The summed E-state index contributed by atoms with van der Waals surface area (Å²) in [5, 5.41) is 0.388.